The molecule has 3 N–H and O–H groups in total. The first-order valence-electron chi connectivity index (χ1n) is 5.05. The first-order valence-corrected chi connectivity index (χ1v) is 5.99. The second-order valence-corrected chi connectivity index (χ2v) is 4.56. The molecular formula is C10H12N2O4S. The molecule has 92 valence electrons. The highest BCUT2D eigenvalue weighted by Gasteiger charge is 2.44. The molecule has 2 rings (SSSR count). The third kappa shape index (κ3) is 2.56. The molecule has 6 nitrogen and oxygen atoms in total. The zero-order chi connectivity index (χ0) is 12.3. The molecule has 1 aromatic heterocycles. The van der Waals surface area contributed by atoms with Crippen molar-refractivity contribution in [3.8, 4) is 0 Å². The van der Waals surface area contributed by atoms with Gasteiger partial charge >= 0.3 is 12.0 Å². The molecule has 2 heterocycles. The third-order valence-electron chi connectivity index (χ3n) is 2.56. The van der Waals surface area contributed by atoms with Crippen LogP contribution in [0, 0.1) is 0 Å². The molecule has 17 heavy (non-hydrogen) atoms. The topological polar surface area (TPSA) is 87.7 Å². The first-order chi connectivity index (χ1) is 8.12. The minimum Gasteiger partial charge on any atom is -0.479 e. The van der Waals surface area contributed by atoms with Gasteiger partial charge in [-0.15, -0.1) is 0 Å². The number of amides is 2. The number of carbonyl (C=O) groups is 2. The zero-order valence-corrected chi connectivity index (χ0v) is 9.75. The molecule has 0 radical (unpaired) electrons. The largest absolute Gasteiger partial charge is 0.479 e. The number of urea groups is 1. The van der Waals surface area contributed by atoms with E-state index in [4.69, 9.17) is 9.84 Å². The Morgan fingerprint density at radius 2 is 2.35 bits per heavy atom. The first kappa shape index (κ1) is 11.9. The maximum absolute atomic E-state index is 11.6. The summed E-state index contributed by atoms with van der Waals surface area (Å²) in [6.45, 7) is 0.338. The van der Waals surface area contributed by atoms with Gasteiger partial charge in [-0.1, -0.05) is 0 Å². The second-order valence-electron chi connectivity index (χ2n) is 3.78. The quantitative estimate of drug-likeness (QED) is 0.756. The average molecular weight is 256 g/mol. The van der Waals surface area contributed by atoms with Crippen LogP contribution in [-0.2, 0) is 9.53 Å². The van der Waals surface area contributed by atoms with E-state index in [2.05, 4.69) is 10.6 Å². The van der Waals surface area contributed by atoms with Crippen molar-refractivity contribution in [2.75, 3.05) is 18.5 Å². The number of nitrogens with one attached hydrogen (secondary N) is 2. The Bertz CT molecular complexity index is 412. The molecule has 7 heteroatoms. The Hall–Kier alpha value is -1.60. The van der Waals surface area contributed by atoms with E-state index in [0.29, 0.717) is 12.3 Å². The SMILES string of the molecule is O=C(Nc1ccsc1)NC1(C(=O)O)CCOC1. The second kappa shape index (κ2) is 4.72. The predicted molar refractivity (Wildman–Crippen MR) is 62.3 cm³/mol. The van der Waals surface area contributed by atoms with Crippen molar-refractivity contribution in [1.82, 2.24) is 5.32 Å². The van der Waals surface area contributed by atoms with Gasteiger partial charge < -0.3 is 20.5 Å². The molecule has 1 aromatic rings. The van der Waals surface area contributed by atoms with Crippen LogP contribution in [-0.4, -0.2) is 35.9 Å². The molecule has 1 saturated heterocycles. The van der Waals surface area contributed by atoms with Crippen molar-refractivity contribution in [2.24, 2.45) is 0 Å². The van der Waals surface area contributed by atoms with Gasteiger partial charge in [0.25, 0.3) is 0 Å². The summed E-state index contributed by atoms with van der Waals surface area (Å²) < 4.78 is 5.04. The Kier molecular flexibility index (Phi) is 3.30. The van der Waals surface area contributed by atoms with Gasteiger partial charge in [0.15, 0.2) is 5.54 Å². The lowest BCUT2D eigenvalue weighted by atomic mass is 9.99. The number of ether oxygens (including phenoxy) is 1. The predicted octanol–water partition coefficient (Wildman–Crippen LogP) is 1.11. The molecule has 1 unspecified atom stereocenters. The van der Waals surface area contributed by atoms with Crippen molar-refractivity contribution in [2.45, 2.75) is 12.0 Å². The summed E-state index contributed by atoms with van der Waals surface area (Å²) in [6.07, 6.45) is 0.277. The monoisotopic (exact) mass is 256 g/mol. The van der Waals surface area contributed by atoms with E-state index in [1.807, 2.05) is 5.38 Å². The molecule has 0 spiro atoms. The summed E-state index contributed by atoms with van der Waals surface area (Å²) >= 11 is 1.45. The Morgan fingerprint density at radius 3 is 2.88 bits per heavy atom. The highest BCUT2D eigenvalue weighted by atomic mass is 32.1. The number of carboxylic acids is 1. The van der Waals surface area contributed by atoms with Crippen LogP contribution in [0.15, 0.2) is 16.8 Å². The Balaban J connectivity index is 1.99. The van der Waals surface area contributed by atoms with Crippen LogP contribution >= 0.6 is 11.3 Å². The van der Waals surface area contributed by atoms with E-state index in [0.717, 1.165) is 0 Å². The van der Waals surface area contributed by atoms with Crippen LogP contribution in [0.25, 0.3) is 0 Å². The van der Waals surface area contributed by atoms with Crippen LogP contribution in [0.2, 0.25) is 0 Å². The lowest BCUT2D eigenvalue weighted by Gasteiger charge is -2.23. The Labute approximate surface area is 102 Å². The van der Waals surface area contributed by atoms with Gasteiger partial charge in [-0.05, 0) is 11.4 Å². The van der Waals surface area contributed by atoms with Crippen LogP contribution in [0.3, 0.4) is 0 Å². The van der Waals surface area contributed by atoms with Gasteiger partial charge in [0, 0.05) is 18.4 Å². The third-order valence-corrected chi connectivity index (χ3v) is 3.25. The summed E-state index contributed by atoms with van der Waals surface area (Å²) in [5.74, 6) is -1.07. The molecule has 1 atom stereocenters. The molecule has 0 aliphatic carbocycles. The lowest BCUT2D eigenvalue weighted by molar-refractivity contribution is -0.144. The fourth-order valence-electron chi connectivity index (χ4n) is 1.60. The van der Waals surface area contributed by atoms with E-state index in [1.54, 1.807) is 11.4 Å². The van der Waals surface area contributed by atoms with Gasteiger partial charge in [-0.3, -0.25) is 0 Å². The van der Waals surface area contributed by atoms with Crippen molar-refractivity contribution in [3.05, 3.63) is 16.8 Å². The minimum atomic E-state index is -1.31. The van der Waals surface area contributed by atoms with Crippen LogP contribution < -0.4 is 10.6 Å². The van der Waals surface area contributed by atoms with Crippen molar-refractivity contribution in [3.63, 3.8) is 0 Å². The number of rotatable bonds is 3. The van der Waals surface area contributed by atoms with Crippen molar-refractivity contribution in [1.29, 1.82) is 0 Å². The summed E-state index contributed by atoms with van der Waals surface area (Å²) in [7, 11) is 0. The van der Waals surface area contributed by atoms with Crippen LogP contribution in [0.1, 0.15) is 6.42 Å². The summed E-state index contributed by atoms with van der Waals surface area (Å²) in [6, 6.07) is 1.21. The summed E-state index contributed by atoms with van der Waals surface area (Å²) in [5, 5.41) is 17.7. The fourth-order valence-corrected chi connectivity index (χ4v) is 2.19. The fraction of sp³-hybridized carbons (Fsp3) is 0.400. The molecule has 0 saturated carbocycles. The Morgan fingerprint density at radius 1 is 1.53 bits per heavy atom. The number of carboxylic acid groups (broad SMARTS) is 1. The number of hydrogen-bond acceptors (Lipinski definition) is 4. The van der Waals surface area contributed by atoms with Crippen molar-refractivity contribution < 1.29 is 19.4 Å². The van der Waals surface area contributed by atoms with Gasteiger partial charge in [-0.2, -0.15) is 11.3 Å². The highest BCUT2D eigenvalue weighted by Crippen LogP contribution is 2.19. The number of thiophene rings is 1. The summed E-state index contributed by atoms with van der Waals surface area (Å²) in [5.41, 5.74) is -0.660. The maximum atomic E-state index is 11.6. The van der Waals surface area contributed by atoms with E-state index >= 15 is 0 Å². The molecule has 1 aliphatic heterocycles. The number of anilines is 1. The lowest BCUT2D eigenvalue weighted by Crippen LogP contribution is -2.56. The van der Waals surface area contributed by atoms with E-state index in [1.165, 1.54) is 11.3 Å². The van der Waals surface area contributed by atoms with Crippen LogP contribution in [0.4, 0.5) is 10.5 Å². The molecule has 1 aliphatic rings. The number of aliphatic carboxylic acids is 1. The van der Waals surface area contributed by atoms with Gasteiger partial charge in [0.2, 0.25) is 0 Å². The van der Waals surface area contributed by atoms with E-state index in [9.17, 15) is 9.59 Å². The zero-order valence-electron chi connectivity index (χ0n) is 8.93. The van der Waals surface area contributed by atoms with Crippen LogP contribution in [0.5, 0.6) is 0 Å². The van der Waals surface area contributed by atoms with Gasteiger partial charge in [0.1, 0.15) is 0 Å². The summed E-state index contributed by atoms with van der Waals surface area (Å²) in [4.78, 5) is 22.8. The average Bonchev–Trinajstić information content (AvgIpc) is 2.89. The normalized spacial score (nSPS) is 23.3. The van der Waals surface area contributed by atoms with E-state index < -0.39 is 17.5 Å². The van der Waals surface area contributed by atoms with Gasteiger partial charge in [-0.25, -0.2) is 9.59 Å². The van der Waals surface area contributed by atoms with E-state index in [-0.39, 0.29) is 13.0 Å². The smallest absolute Gasteiger partial charge is 0.332 e. The molecule has 0 bridgehead atoms. The number of hydrogen-bond donors (Lipinski definition) is 3. The molecule has 0 aromatic carbocycles. The minimum absolute atomic E-state index is 0.000605. The standard InChI is InChI=1S/C10H12N2O4S/c13-8(14)10(2-3-16-6-10)12-9(15)11-7-1-4-17-5-7/h1,4-5H,2-3,6H2,(H,13,14)(H2,11,12,15). The molecule has 2 amide bonds. The molecule has 1 fully saturated rings. The van der Waals surface area contributed by atoms with Crippen molar-refractivity contribution >= 4 is 29.0 Å². The number of carbonyl (C=O) groups excluding carboxylic acids is 1. The van der Waals surface area contributed by atoms with Gasteiger partial charge in [0.05, 0.1) is 12.3 Å². The molecular weight excluding hydrogens is 244 g/mol. The highest BCUT2D eigenvalue weighted by molar-refractivity contribution is 7.08. The maximum Gasteiger partial charge on any atom is 0.332 e.